The molecule has 6 heteroatoms. The number of halogens is 1. The normalized spacial score (nSPS) is 10.4. The van der Waals surface area contributed by atoms with Gasteiger partial charge in [0.25, 0.3) is 5.91 Å². The molecule has 0 fully saturated rings. The molecule has 1 aromatic heterocycles. The Morgan fingerprint density at radius 1 is 1.17 bits per heavy atom. The molecule has 4 nitrogen and oxygen atoms in total. The average molecular weight is 351 g/mol. The van der Waals surface area contributed by atoms with Crippen LogP contribution in [0.5, 0.6) is 0 Å². The third-order valence-electron chi connectivity index (χ3n) is 3.39. The van der Waals surface area contributed by atoms with Crippen molar-refractivity contribution in [3.8, 4) is 0 Å². The van der Waals surface area contributed by atoms with Crippen molar-refractivity contribution in [2.24, 2.45) is 0 Å². The van der Waals surface area contributed by atoms with E-state index in [0.717, 1.165) is 14.8 Å². The van der Waals surface area contributed by atoms with Crippen LogP contribution >= 0.6 is 22.9 Å². The van der Waals surface area contributed by atoms with E-state index >= 15 is 0 Å². The van der Waals surface area contributed by atoms with Gasteiger partial charge in [-0.25, -0.2) is 0 Å². The lowest BCUT2D eigenvalue weighted by Gasteiger charge is -2.20. The molecule has 23 heavy (non-hydrogen) atoms. The predicted octanol–water partition coefficient (Wildman–Crippen LogP) is 3.70. The van der Waals surface area contributed by atoms with E-state index in [1.807, 2.05) is 31.2 Å². The summed E-state index contributed by atoms with van der Waals surface area (Å²) >= 11 is 7.43. The van der Waals surface area contributed by atoms with E-state index < -0.39 is 0 Å². The van der Waals surface area contributed by atoms with Gasteiger partial charge in [0.1, 0.15) is 0 Å². The van der Waals surface area contributed by atoms with Gasteiger partial charge in [-0.15, -0.1) is 11.3 Å². The van der Waals surface area contributed by atoms with Crippen LogP contribution in [-0.4, -0.2) is 23.3 Å². The fourth-order valence-electron chi connectivity index (χ4n) is 2.13. The molecule has 0 atom stereocenters. The van der Waals surface area contributed by atoms with E-state index in [2.05, 4.69) is 5.32 Å². The molecule has 0 aliphatic rings. The maximum atomic E-state index is 12.6. The molecule has 1 N–H and O–H groups in total. The summed E-state index contributed by atoms with van der Waals surface area (Å²) in [5.41, 5.74) is 1.60. The van der Waals surface area contributed by atoms with E-state index in [4.69, 9.17) is 11.6 Å². The monoisotopic (exact) mass is 350 g/mol. The Bertz CT molecular complexity index is 682. The first-order chi connectivity index (χ1) is 11.0. The van der Waals surface area contributed by atoms with Crippen LogP contribution in [0.4, 0.5) is 0 Å². The van der Waals surface area contributed by atoms with Gasteiger partial charge in [-0.05, 0) is 36.8 Å². The summed E-state index contributed by atoms with van der Waals surface area (Å²) in [7, 11) is 0. The number of hydrogen-bond acceptors (Lipinski definition) is 3. The van der Waals surface area contributed by atoms with Gasteiger partial charge in [-0.2, -0.15) is 0 Å². The highest BCUT2D eigenvalue weighted by Crippen LogP contribution is 2.23. The zero-order chi connectivity index (χ0) is 16.8. The van der Waals surface area contributed by atoms with Crippen LogP contribution in [0, 0.1) is 0 Å². The van der Waals surface area contributed by atoms with Crippen LogP contribution < -0.4 is 5.32 Å². The number of nitrogens with one attached hydrogen (secondary N) is 1. The highest BCUT2D eigenvalue weighted by atomic mass is 35.5. The van der Waals surface area contributed by atoms with Crippen LogP contribution in [0.1, 0.15) is 34.6 Å². The van der Waals surface area contributed by atoms with Crippen molar-refractivity contribution in [1.82, 2.24) is 10.2 Å². The Hall–Kier alpha value is -1.85. The topological polar surface area (TPSA) is 49.4 Å². The minimum atomic E-state index is -0.0723. The molecule has 0 bridgehead atoms. The van der Waals surface area contributed by atoms with Crippen LogP contribution in [0.3, 0.4) is 0 Å². The zero-order valence-electron chi connectivity index (χ0n) is 13.1. The molecule has 0 unspecified atom stereocenters. The molecule has 0 saturated carbocycles. The van der Waals surface area contributed by atoms with E-state index in [-0.39, 0.29) is 11.8 Å². The van der Waals surface area contributed by atoms with Crippen LogP contribution in [0.25, 0.3) is 0 Å². The molecule has 0 spiro atoms. The Labute approximate surface area is 145 Å². The number of hydrogen-bond donors (Lipinski definition) is 1. The molecule has 1 heterocycles. The number of thiophene rings is 1. The molecular weight excluding hydrogens is 332 g/mol. The summed E-state index contributed by atoms with van der Waals surface area (Å²) in [6.45, 7) is 5.09. The number of carbonyl (C=O) groups excluding carboxylic acids is 2. The van der Waals surface area contributed by atoms with Crippen molar-refractivity contribution in [3.05, 3.63) is 56.7 Å². The lowest BCUT2D eigenvalue weighted by atomic mass is 10.1. The molecule has 2 rings (SSSR count). The smallest absolute Gasteiger partial charge is 0.254 e. The van der Waals surface area contributed by atoms with Gasteiger partial charge in [0.05, 0.1) is 10.9 Å². The second-order valence-corrected chi connectivity index (χ2v) is 6.93. The van der Waals surface area contributed by atoms with Crippen molar-refractivity contribution < 1.29 is 9.59 Å². The highest BCUT2D eigenvalue weighted by molar-refractivity contribution is 7.16. The van der Waals surface area contributed by atoms with E-state index in [1.54, 1.807) is 17.0 Å². The van der Waals surface area contributed by atoms with Crippen molar-refractivity contribution in [3.63, 3.8) is 0 Å². The van der Waals surface area contributed by atoms with Gasteiger partial charge in [0, 0.05) is 30.5 Å². The molecular formula is C17H19ClN2O2S. The average Bonchev–Trinajstić information content (AvgIpc) is 2.95. The van der Waals surface area contributed by atoms with Crippen molar-refractivity contribution >= 4 is 34.8 Å². The molecule has 2 aromatic rings. The van der Waals surface area contributed by atoms with Crippen molar-refractivity contribution in [2.75, 3.05) is 6.54 Å². The number of carbonyl (C=O) groups is 2. The zero-order valence-corrected chi connectivity index (χ0v) is 14.7. The third-order valence-corrected chi connectivity index (χ3v) is 4.60. The van der Waals surface area contributed by atoms with Gasteiger partial charge in [-0.1, -0.05) is 23.7 Å². The second-order valence-electron chi connectivity index (χ2n) is 5.13. The quantitative estimate of drug-likeness (QED) is 0.863. The first-order valence-electron chi connectivity index (χ1n) is 7.36. The fourth-order valence-corrected chi connectivity index (χ4v) is 3.23. The summed E-state index contributed by atoms with van der Waals surface area (Å²) in [4.78, 5) is 26.4. The maximum Gasteiger partial charge on any atom is 0.254 e. The Balaban J connectivity index is 2.03. The largest absolute Gasteiger partial charge is 0.352 e. The van der Waals surface area contributed by atoms with Gasteiger partial charge in [0.15, 0.2) is 0 Å². The van der Waals surface area contributed by atoms with Crippen molar-refractivity contribution in [2.45, 2.75) is 26.9 Å². The molecule has 122 valence electrons. The Morgan fingerprint density at radius 3 is 2.39 bits per heavy atom. The number of nitrogens with zero attached hydrogens (tertiary/aromatic N) is 1. The summed E-state index contributed by atoms with van der Waals surface area (Å²) in [5.74, 6) is -0.0833. The number of amides is 2. The summed E-state index contributed by atoms with van der Waals surface area (Å²) in [5, 5.41) is 2.73. The van der Waals surface area contributed by atoms with Crippen LogP contribution in [0.15, 0.2) is 36.4 Å². The summed E-state index contributed by atoms with van der Waals surface area (Å²) in [6.07, 6.45) is 0. The van der Waals surface area contributed by atoms with Gasteiger partial charge < -0.3 is 10.2 Å². The van der Waals surface area contributed by atoms with E-state index in [9.17, 15) is 9.59 Å². The Morgan fingerprint density at radius 2 is 1.87 bits per heavy atom. The highest BCUT2D eigenvalue weighted by Gasteiger charge is 2.15. The van der Waals surface area contributed by atoms with E-state index in [0.29, 0.717) is 25.2 Å². The molecule has 0 saturated heterocycles. The SMILES string of the molecule is CCN(Cc1ccc(Cl)s1)C(=O)c1ccc(CNC(C)=O)cc1. The predicted molar refractivity (Wildman–Crippen MR) is 93.7 cm³/mol. The number of benzene rings is 1. The van der Waals surface area contributed by atoms with Crippen molar-refractivity contribution in [1.29, 1.82) is 0 Å². The maximum absolute atomic E-state index is 12.6. The lowest BCUT2D eigenvalue weighted by Crippen LogP contribution is -2.30. The first kappa shape index (κ1) is 17.5. The summed E-state index contributed by atoms with van der Waals surface area (Å²) in [6, 6.07) is 11.1. The van der Waals surface area contributed by atoms with E-state index in [1.165, 1.54) is 18.3 Å². The third kappa shape index (κ3) is 5.08. The van der Waals surface area contributed by atoms with Gasteiger partial charge in [-0.3, -0.25) is 9.59 Å². The standard InChI is InChI=1S/C17H19ClN2O2S/c1-3-20(11-15-8-9-16(18)23-15)17(22)14-6-4-13(5-7-14)10-19-12(2)21/h4-9H,3,10-11H2,1-2H3,(H,19,21). The van der Waals surface area contributed by atoms with Gasteiger partial charge >= 0.3 is 0 Å². The molecule has 1 aromatic carbocycles. The first-order valence-corrected chi connectivity index (χ1v) is 8.56. The number of rotatable bonds is 6. The molecule has 0 aliphatic heterocycles. The summed E-state index contributed by atoms with van der Waals surface area (Å²) < 4.78 is 0.728. The molecule has 2 amide bonds. The van der Waals surface area contributed by atoms with Crippen LogP contribution in [-0.2, 0) is 17.9 Å². The minimum Gasteiger partial charge on any atom is -0.352 e. The molecule has 0 radical (unpaired) electrons. The Kier molecular flexibility index (Phi) is 6.19. The minimum absolute atomic E-state index is 0.0110. The van der Waals surface area contributed by atoms with Crippen LogP contribution in [0.2, 0.25) is 4.34 Å². The molecule has 0 aliphatic carbocycles. The fraction of sp³-hybridized carbons (Fsp3) is 0.294. The van der Waals surface area contributed by atoms with Gasteiger partial charge in [0.2, 0.25) is 5.91 Å². The second kappa shape index (κ2) is 8.13. The lowest BCUT2D eigenvalue weighted by molar-refractivity contribution is -0.119.